The van der Waals surface area contributed by atoms with Crippen LogP contribution in [0.5, 0.6) is 0 Å². The van der Waals surface area contributed by atoms with Crippen molar-refractivity contribution < 1.29 is 25.0 Å². The molecule has 0 heterocycles. The molecular formula is C50H78N2O5. The van der Waals surface area contributed by atoms with Gasteiger partial charge in [-0.25, -0.2) is 4.79 Å². The zero-order valence-corrected chi connectivity index (χ0v) is 37.4. The van der Waals surface area contributed by atoms with Crippen molar-refractivity contribution in [2.75, 3.05) is 28.3 Å². The first-order chi connectivity index (χ1) is 27.1. The minimum absolute atomic E-state index is 0.0440. The van der Waals surface area contributed by atoms with Crippen LogP contribution < -0.4 is 5.32 Å². The number of aliphatic hydroxyl groups excluding tert-OH is 1. The number of carboxylic acids is 1. The second kappa shape index (κ2) is 27.4. The highest BCUT2D eigenvalue weighted by molar-refractivity contribution is 5.88. The largest absolute Gasteiger partial charge is 0.478 e. The van der Waals surface area contributed by atoms with Gasteiger partial charge in [0.2, 0.25) is 5.91 Å². The Balaban J connectivity index is -0.00000133. The summed E-state index contributed by atoms with van der Waals surface area (Å²) in [5.41, 5.74) is 3.51. The monoisotopic (exact) mass is 787 g/mol. The average molecular weight is 787 g/mol. The summed E-state index contributed by atoms with van der Waals surface area (Å²) in [4.78, 5) is 24.6. The molecule has 4 fully saturated rings. The maximum Gasteiger partial charge on any atom is 0.335 e. The third kappa shape index (κ3) is 12.4. The smallest absolute Gasteiger partial charge is 0.335 e. The zero-order chi connectivity index (χ0) is 45.4. The summed E-state index contributed by atoms with van der Waals surface area (Å²) in [6.07, 6.45) is 48.4. The van der Waals surface area contributed by atoms with Crippen molar-refractivity contribution in [2.45, 2.75) is 113 Å². The van der Waals surface area contributed by atoms with Gasteiger partial charge < -0.3 is 20.7 Å². The average Bonchev–Trinajstić information content (AvgIpc) is 3.68. The van der Waals surface area contributed by atoms with Crippen LogP contribution in [0.1, 0.15) is 129 Å². The number of carbonyl (C=O) groups is 2. The fourth-order valence-corrected chi connectivity index (χ4v) is 11.7. The Kier molecular flexibility index (Phi) is 27.4. The third-order valence-electron chi connectivity index (χ3n) is 13.2. The first-order valence-electron chi connectivity index (χ1n) is 20.1. The highest BCUT2D eigenvalue weighted by atomic mass is 16.5. The van der Waals surface area contributed by atoms with E-state index in [-0.39, 0.29) is 16.2 Å². The van der Waals surface area contributed by atoms with Crippen molar-refractivity contribution in [3.63, 3.8) is 0 Å². The van der Waals surface area contributed by atoms with Gasteiger partial charge in [-0.1, -0.05) is 72.2 Å². The first kappa shape index (κ1) is 57.1. The number of amides is 1. The highest BCUT2D eigenvalue weighted by Crippen LogP contribution is 2.73. The molecule has 8 atom stereocenters. The van der Waals surface area contributed by atoms with E-state index in [1.54, 1.807) is 32.3 Å². The Labute approximate surface area is 349 Å². The predicted molar refractivity (Wildman–Crippen MR) is 242 cm³/mol. The van der Waals surface area contributed by atoms with Crippen LogP contribution >= 0.6 is 0 Å². The Morgan fingerprint density at radius 3 is 1.74 bits per heavy atom. The number of hydroxylamine groups is 2. The molecule has 1 aromatic carbocycles. The summed E-state index contributed by atoms with van der Waals surface area (Å²) < 4.78 is 0. The topological polar surface area (TPSA) is 110 Å². The van der Waals surface area contributed by atoms with Gasteiger partial charge in [0.15, 0.2) is 0 Å². The van der Waals surface area contributed by atoms with Gasteiger partial charge in [0.25, 0.3) is 0 Å². The number of terminal acetylenes is 4. The number of nitrogens with zero attached hydrogens (tertiary/aromatic N) is 1. The summed E-state index contributed by atoms with van der Waals surface area (Å²) in [6, 6.07) is 7.54. The van der Waals surface area contributed by atoms with Gasteiger partial charge in [0.1, 0.15) is 0 Å². The molecule has 4 saturated carbocycles. The fourth-order valence-electron chi connectivity index (χ4n) is 11.7. The lowest BCUT2D eigenvalue weighted by Gasteiger charge is -2.68. The van der Waals surface area contributed by atoms with Crippen LogP contribution in [0.4, 0.5) is 0 Å². The van der Waals surface area contributed by atoms with Crippen LogP contribution in [0.25, 0.3) is 5.57 Å². The van der Waals surface area contributed by atoms with Gasteiger partial charge in [-0.3, -0.25) is 4.79 Å². The van der Waals surface area contributed by atoms with Crippen LogP contribution in [0.3, 0.4) is 0 Å². The van der Waals surface area contributed by atoms with Crippen LogP contribution in [-0.4, -0.2) is 60.6 Å². The lowest BCUT2D eigenvalue weighted by atomic mass is 9.36. The van der Waals surface area contributed by atoms with Crippen LogP contribution in [0, 0.1) is 103 Å². The normalized spacial score (nSPS) is 29.9. The van der Waals surface area contributed by atoms with Crippen molar-refractivity contribution in [3.8, 4) is 51.4 Å². The van der Waals surface area contributed by atoms with E-state index in [0.29, 0.717) is 34.6 Å². The van der Waals surface area contributed by atoms with Crippen molar-refractivity contribution in [2.24, 2.45) is 51.2 Å². The molecular weight excluding hydrogens is 709 g/mol. The fraction of sp³-hybridized carbons (Fsp3) is 0.600. The summed E-state index contributed by atoms with van der Waals surface area (Å²) in [7, 11) is 5.95. The summed E-state index contributed by atoms with van der Waals surface area (Å²) in [6.45, 7) is 19.4. The second-order valence-electron chi connectivity index (χ2n) is 16.0. The number of hydrogen-bond donors (Lipinski definition) is 4. The maximum atomic E-state index is 13.2. The van der Waals surface area contributed by atoms with E-state index in [9.17, 15) is 14.7 Å². The second-order valence-corrected chi connectivity index (χ2v) is 16.0. The molecule has 0 aromatic heterocycles. The number of carboxylic acid groups (broad SMARTS) is 1. The number of allylic oxidation sites excluding steroid dienone is 3. The van der Waals surface area contributed by atoms with Crippen molar-refractivity contribution >= 4 is 17.4 Å². The van der Waals surface area contributed by atoms with E-state index in [4.69, 9.17) is 10.3 Å². The van der Waals surface area contributed by atoms with Gasteiger partial charge >= 0.3 is 5.97 Å². The predicted octanol–water partition coefficient (Wildman–Crippen LogP) is 10.4. The van der Waals surface area contributed by atoms with E-state index >= 15 is 0 Å². The Morgan fingerprint density at radius 1 is 0.789 bits per heavy atom. The number of aliphatic hydroxyl groups is 1. The van der Waals surface area contributed by atoms with Crippen molar-refractivity contribution in [1.82, 2.24) is 10.4 Å². The third-order valence-corrected chi connectivity index (χ3v) is 13.2. The SMILES string of the molecule is C#C.C#C.C#C.C#C.C=CC.CC.CN(C)O.CNC(=O)[C@]12CCCC1[C@H]1CCC3[C@@](C)(CCC4C(C)(C)C(c5ccc(C(=O)O)cc5)=CC[C@@]43C)C1CC2.CO. The minimum atomic E-state index is -0.865. The Morgan fingerprint density at radius 2 is 1.28 bits per heavy atom. The molecule has 57 heavy (non-hydrogen) atoms. The molecule has 7 heteroatoms. The summed E-state index contributed by atoms with van der Waals surface area (Å²) >= 11 is 0. The number of nitrogens with one attached hydrogen (secondary N) is 1. The number of aromatic carboxylic acids is 1. The van der Waals surface area contributed by atoms with E-state index in [1.807, 2.05) is 40.0 Å². The molecule has 0 spiro atoms. The van der Waals surface area contributed by atoms with E-state index in [0.717, 1.165) is 43.3 Å². The van der Waals surface area contributed by atoms with Gasteiger partial charge in [0, 0.05) is 28.3 Å². The molecule has 5 aliphatic rings. The van der Waals surface area contributed by atoms with E-state index in [2.05, 4.69) is 97.1 Å². The molecule has 4 unspecified atom stereocenters. The molecule has 4 N–H and O–H groups in total. The van der Waals surface area contributed by atoms with Crippen LogP contribution in [0.15, 0.2) is 43.0 Å². The standard InChI is InChI=1S/C34H47NO3.C3H6.C2H7NO.C2H6.4C2H2.CH4O/c1-31(2)24(21-8-10-22(11-9-21)29(36)37)14-18-33(4)27(31)16-19-32(3)25-15-20-34(30(38)35-5)17-6-7-26(34)23(25)12-13-28(32)33;1-3-2;1-3(2)4;6*1-2/h8-11,14,23,25-28H,6-7,12-13,15-20H2,1-5H3,(H,35,38)(H,36,37);3H,1H2,2H3;4H,1-2H3;1-2H3;4*1-2H;2H,1H3/t23-,25?,26?,27?,28?,32-,33-,34-;;;;;;;;/m0......../s1. The lowest BCUT2D eigenvalue weighted by Crippen LogP contribution is -2.61. The Bertz CT molecular complexity index is 1420. The van der Waals surface area contributed by atoms with Gasteiger partial charge in [0.05, 0.1) is 11.0 Å². The van der Waals surface area contributed by atoms with Crippen LogP contribution in [0.2, 0.25) is 0 Å². The summed E-state index contributed by atoms with van der Waals surface area (Å²) in [5.74, 6) is 2.82. The molecule has 0 bridgehead atoms. The zero-order valence-electron chi connectivity index (χ0n) is 37.4. The van der Waals surface area contributed by atoms with Gasteiger partial charge in [-0.2, -0.15) is 5.06 Å². The van der Waals surface area contributed by atoms with Crippen molar-refractivity contribution in [1.29, 1.82) is 0 Å². The van der Waals surface area contributed by atoms with Gasteiger partial charge in [-0.15, -0.1) is 58.0 Å². The molecule has 1 aromatic rings. The molecule has 0 aliphatic heterocycles. The van der Waals surface area contributed by atoms with E-state index in [1.165, 1.54) is 56.1 Å². The molecule has 1 amide bonds. The Hall–Kier alpha value is -4.24. The molecule has 0 radical (unpaired) electrons. The lowest BCUT2D eigenvalue weighted by molar-refractivity contribution is -0.181. The molecule has 0 saturated heterocycles. The number of fused-ring (bicyclic) bond motifs is 7. The molecule has 7 nitrogen and oxygen atoms in total. The van der Waals surface area contributed by atoms with Gasteiger partial charge in [-0.05, 0) is 134 Å². The maximum absolute atomic E-state index is 13.2. The first-order valence-corrected chi connectivity index (χ1v) is 20.1. The number of benzene rings is 1. The highest BCUT2D eigenvalue weighted by Gasteiger charge is 2.66. The molecule has 318 valence electrons. The number of hydrogen-bond acceptors (Lipinski definition) is 5. The number of rotatable bonds is 3. The quantitative estimate of drug-likeness (QED) is 0.138. The summed E-state index contributed by atoms with van der Waals surface area (Å²) in [5, 5.41) is 28.3. The molecule has 5 aliphatic carbocycles. The molecule has 6 rings (SSSR count). The number of carbonyl (C=O) groups excluding carboxylic acids is 1. The minimum Gasteiger partial charge on any atom is -0.478 e. The van der Waals surface area contributed by atoms with E-state index < -0.39 is 5.97 Å². The van der Waals surface area contributed by atoms with Crippen LogP contribution in [-0.2, 0) is 4.79 Å². The van der Waals surface area contributed by atoms with Crippen molar-refractivity contribution in [3.05, 3.63) is 54.1 Å².